The quantitative estimate of drug-likeness (QED) is 0.820. The molecule has 1 aliphatic rings. The van der Waals surface area contributed by atoms with Crippen molar-refractivity contribution in [1.82, 2.24) is 14.3 Å². The number of nitrogens with one attached hydrogen (secondary N) is 2. The molecule has 9 heteroatoms. The number of aromatic amines is 1. The third kappa shape index (κ3) is 3.54. The maximum absolute atomic E-state index is 11.4. The molecule has 0 radical (unpaired) electrons. The Morgan fingerprint density at radius 2 is 2.11 bits per heavy atom. The molecule has 1 fully saturated rings. The van der Waals surface area contributed by atoms with Crippen LogP contribution in [0, 0.1) is 0 Å². The minimum absolute atomic E-state index is 0.114. The highest BCUT2D eigenvalue weighted by Crippen LogP contribution is 2.20. The lowest BCUT2D eigenvalue weighted by Crippen LogP contribution is -2.42. The zero-order valence-corrected chi connectivity index (χ0v) is 12.8. The Morgan fingerprint density at radius 1 is 1.47 bits per heavy atom. The van der Waals surface area contributed by atoms with E-state index in [2.05, 4.69) is 31.2 Å². The lowest BCUT2D eigenvalue weighted by molar-refractivity contribution is 0.331. The van der Waals surface area contributed by atoms with Gasteiger partial charge in [0.25, 0.3) is 5.56 Å². The van der Waals surface area contributed by atoms with Gasteiger partial charge >= 0.3 is 0 Å². The summed E-state index contributed by atoms with van der Waals surface area (Å²) in [4.78, 5) is 17.9. The van der Waals surface area contributed by atoms with E-state index in [1.165, 1.54) is 16.9 Å². The third-order valence-electron chi connectivity index (χ3n) is 3.06. The maximum atomic E-state index is 11.4. The normalized spacial score (nSPS) is 18.4. The molecule has 1 aromatic rings. The Morgan fingerprint density at radius 3 is 2.68 bits per heavy atom. The van der Waals surface area contributed by atoms with Gasteiger partial charge in [0.05, 0.1) is 12.6 Å². The first-order chi connectivity index (χ1) is 8.88. The minimum atomic E-state index is -3.11. The molecular formula is C10H15BrN4O3S. The van der Waals surface area contributed by atoms with Crippen molar-refractivity contribution < 1.29 is 8.42 Å². The average molecular weight is 351 g/mol. The van der Waals surface area contributed by atoms with Gasteiger partial charge in [-0.3, -0.25) is 4.79 Å². The molecule has 2 heterocycles. The predicted octanol–water partition coefficient (Wildman–Crippen LogP) is 0.368. The first kappa shape index (κ1) is 14.5. The topological polar surface area (TPSA) is 95.2 Å². The van der Waals surface area contributed by atoms with Crippen LogP contribution in [0.25, 0.3) is 0 Å². The van der Waals surface area contributed by atoms with Gasteiger partial charge in [0, 0.05) is 19.1 Å². The summed E-state index contributed by atoms with van der Waals surface area (Å²) < 4.78 is 24.6. The molecule has 2 N–H and O–H groups in total. The molecule has 106 valence electrons. The van der Waals surface area contributed by atoms with Crippen molar-refractivity contribution >= 4 is 31.8 Å². The molecule has 0 atom stereocenters. The highest BCUT2D eigenvalue weighted by Gasteiger charge is 2.25. The van der Waals surface area contributed by atoms with Gasteiger partial charge in [-0.1, -0.05) is 0 Å². The zero-order chi connectivity index (χ0) is 14.0. The van der Waals surface area contributed by atoms with Crippen LogP contribution in [0.2, 0.25) is 0 Å². The molecule has 1 aromatic heterocycles. The number of hydrogen-bond donors (Lipinski definition) is 2. The van der Waals surface area contributed by atoms with Crippen molar-refractivity contribution in [2.75, 3.05) is 24.7 Å². The van der Waals surface area contributed by atoms with E-state index in [1.54, 1.807) is 0 Å². The molecule has 0 unspecified atom stereocenters. The summed E-state index contributed by atoms with van der Waals surface area (Å²) in [5, 5.41) is 3.16. The van der Waals surface area contributed by atoms with Crippen molar-refractivity contribution in [2.24, 2.45) is 0 Å². The Kier molecular flexibility index (Phi) is 4.26. The number of aromatic nitrogens is 2. The zero-order valence-electron chi connectivity index (χ0n) is 10.4. The number of hydrogen-bond acceptors (Lipinski definition) is 5. The standard InChI is InChI=1S/C10H15BrN4O3S/c1-19(17,18)15-4-2-7(3-5-15)14-9-8(11)10(16)13-6-12-9/h6-7H,2-5H2,1H3,(H2,12,13,14,16). The minimum Gasteiger partial charge on any atom is -0.366 e. The smallest absolute Gasteiger partial charge is 0.267 e. The van der Waals surface area contributed by atoms with Crippen molar-refractivity contribution in [3.63, 3.8) is 0 Å². The average Bonchev–Trinajstić information content (AvgIpc) is 2.35. The van der Waals surface area contributed by atoms with Crippen molar-refractivity contribution in [3.05, 3.63) is 21.2 Å². The lowest BCUT2D eigenvalue weighted by atomic mass is 10.1. The number of H-pyrrole nitrogens is 1. The van der Waals surface area contributed by atoms with Gasteiger partial charge in [0.15, 0.2) is 0 Å². The van der Waals surface area contributed by atoms with Crippen LogP contribution in [0.1, 0.15) is 12.8 Å². The summed E-state index contributed by atoms with van der Waals surface area (Å²) in [6.45, 7) is 0.967. The second-order valence-corrected chi connectivity index (χ2v) is 7.25. The van der Waals surface area contributed by atoms with Gasteiger partial charge < -0.3 is 10.3 Å². The molecule has 0 saturated carbocycles. The van der Waals surface area contributed by atoms with Crippen LogP contribution >= 0.6 is 15.9 Å². The number of anilines is 1. The van der Waals surface area contributed by atoms with Gasteiger partial charge in [-0.25, -0.2) is 17.7 Å². The number of nitrogens with zero attached hydrogens (tertiary/aromatic N) is 2. The van der Waals surface area contributed by atoms with Crippen molar-refractivity contribution in [1.29, 1.82) is 0 Å². The van der Waals surface area contributed by atoms with Crippen LogP contribution in [0.5, 0.6) is 0 Å². The molecule has 19 heavy (non-hydrogen) atoms. The Bertz CT molecular complexity index is 607. The van der Waals surface area contributed by atoms with Crippen LogP contribution < -0.4 is 10.9 Å². The van der Waals surface area contributed by atoms with E-state index in [-0.39, 0.29) is 11.6 Å². The van der Waals surface area contributed by atoms with Crippen molar-refractivity contribution in [2.45, 2.75) is 18.9 Å². The Labute approximate surface area is 119 Å². The van der Waals surface area contributed by atoms with E-state index in [0.29, 0.717) is 36.2 Å². The van der Waals surface area contributed by atoms with Gasteiger partial charge in [-0.2, -0.15) is 0 Å². The number of halogens is 1. The number of sulfonamides is 1. The van der Waals surface area contributed by atoms with E-state index in [1.807, 2.05) is 0 Å². The fourth-order valence-corrected chi connectivity index (χ4v) is 3.21. The first-order valence-corrected chi connectivity index (χ1v) is 8.47. The monoisotopic (exact) mass is 350 g/mol. The first-order valence-electron chi connectivity index (χ1n) is 5.83. The fourth-order valence-electron chi connectivity index (χ4n) is 2.01. The van der Waals surface area contributed by atoms with Crippen LogP contribution in [0.4, 0.5) is 5.82 Å². The van der Waals surface area contributed by atoms with Crippen LogP contribution in [-0.2, 0) is 10.0 Å². The summed E-state index contributed by atoms with van der Waals surface area (Å²) in [5.74, 6) is 0.488. The van der Waals surface area contributed by atoms with E-state index in [0.717, 1.165) is 0 Å². The van der Waals surface area contributed by atoms with Gasteiger partial charge in [0.2, 0.25) is 10.0 Å². The molecule has 0 amide bonds. The third-order valence-corrected chi connectivity index (χ3v) is 5.10. The van der Waals surface area contributed by atoms with Gasteiger partial charge in [-0.15, -0.1) is 0 Å². The van der Waals surface area contributed by atoms with Gasteiger partial charge in [0.1, 0.15) is 10.3 Å². The summed E-state index contributed by atoms with van der Waals surface area (Å²) >= 11 is 3.18. The molecular weight excluding hydrogens is 336 g/mol. The summed E-state index contributed by atoms with van der Waals surface area (Å²) in [6, 6.07) is 0.114. The van der Waals surface area contributed by atoms with Crippen LogP contribution in [0.3, 0.4) is 0 Å². The summed E-state index contributed by atoms with van der Waals surface area (Å²) in [6.07, 6.45) is 3.93. The molecule has 0 aliphatic carbocycles. The molecule has 7 nitrogen and oxygen atoms in total. The van der Waals surface area contributed by atoms with Crippen LogP contribution in [-0.4, -0.2) is 48.1 Å². The largest absolute Gasteiger partial charge is 0.366 e. The second-order valence-electron chi connectivity index (χ2n) is 4.47. The molecule has 0 spiro atoms. The Balaban J connectivity index is 2.00. The highest BCUT2D eigenvalue weighted by molar-refractivity contribution is 9.10. The van der Waals surface area contributed by atoms with Crippen LogP contribution in [0.15, 0.2) is 15.6 Å². The van der Waals surface area contributed by atoms with E-state index in [4.69, 9.17) is 0 Å². The molecule has 0 bridgehead atoms. The SMILES string of the molecule is CS(=O)(=O)N1CCC(Nc2nc[nH]c(=O)c2Br)CC1. The lowest BCUT2D eigenvalue weighted by Gasteiger charge is -2.30. The van der Waals surface area contributed by atoms with E-state index < -0.39 is 10.0 Å². The summed E-state index contributed by atoms with van der Waals surface area (Å²) in [5.41, 5.74) is -0.244. The molecule has 1 saturated heterocycles. The molecule has 2 rings (SSSR count). The predicted molar refractivity (Wildman–Crippen MR) is 75.6 cm³/mol. The molecule has 0 aromatic carbocycles. The second kappa shape index (κ2) is 5.59. The van der Waals surface area contributed by atoms with Crippen molar-refractivity contribution in [3.8, 4) is 0 Å². The van der Waals surface area contributed by atoms with E-state index >= 15 is 0 Å². The summed E-state index contributed by atoms with van der Waals surface area (Å²) in [7, 11) is -3.11. The Hall–Kier alpha value is -0.930. The van der Waals surface area contributed by atoms with E-state index in [9.17, 15) is 13.2 Å². The van der Waals surface area contributed by atoms with Gasteiger partial charge in [-0.05, 0) is 28.8 Å². The highest BCUT2D eigenvalue weighted by atomic mass is 79.9. The number of rotatable bonds is 3. The fraction of sp³-hybridized carbons (Fsp3) is 0.600. The molecule has 1 aliphatic heterocycles. The number of piperidine rings is 1. The maximum Gasteiger partial charge on any atom is 0.267 e.